The van der Waals surface area contributed by atoms with Crippen molar-refractivity contribution in [3.05, 3.63) is 29.8 Å². The second-order valence-corrected chi connectivity index (χ2v) is 2.79. The Morgan fingerprint density at radius 3 is 2.53 bits per heavy atom. The number of ether oxygens (including phenoxy) is 1. The molecular formula is C9H9F2NO3. The van der Waals surface area contributed by atoms with Crippen molar-refractivity contribution in [1.29, 1.82) is 0 Å². The Morgan fingerprint density at radius 1 is 1.40 bits per heavy atom. The number of benzene rings is 1. The number of carboxylic acid groups (broad SMARTS) is 1. The standard InChI is InChI=1S/C9H9F2NO3/c10-9(11)15-6-4-2-1-3-5(6)7(12)8(13)14/h1-4,7,9H,12H2,(H,13,14)/t7-/m0/s1. The summed E-state index contributed by atoms with van der Waals surface area (Å²) in [4.78, 5) is 10.5. The van der Waals surface area contributed by atoms with E-state index in [1.54, 1.807) is 0 Å². The third-order valence-corrected chi connectivity index (χ3v) is 1.79. The number of carbonyl (C=O) groups excluding carboxylic acids is 1. The predicted octanol–water partition coefficient (Wildman–Crippen LogP) is -0.679. The fourth-order valence-electron chi connectivity index (χ4n) is 1.10. The normalized spacial score (nSPS) is 12.5. The van der Waals surface area contributed by atoms with Crippen molar-refractivity contribution >= 4 is 5.97 Å². The van der Waals surface area contributed by atoms with E-state index in [1.165, 1.54) is 24.3 Å². The van der Waals surface area contributed by atoms with Crippen LogP contribution in [0.25, 0.3) is 0 Å². The van der Waals surface area contributed by atoms with Crippen LogP contribution < -0.4 is 15.6 Å². The molecule has 15 heavy (non-hydrogen) atoms. The Kier molecular flexibility index (Phi) is 3.56. The van der Waals surface area contributed by atoms with E-state index in [4.69, 9.17) is 0 Å². The molecule has 0 saturated carbocycles. The number of carboxylic acids is 1. The summed E-state index contributed by atoms with van der Waals surface area (Å²) < 4.78 is 28.1. The lowest BCUT2D eigenvalue weighted by molar-refractivity contribution is -0.443. The van der Waals surface area contributed by atoms with Gasteiger partial charge in [0.05, 0.1) is 5.56 Å². The highest BCUT2D eigenvalue weighted by atomic mass is 19.3. The first-order valence-electron chi connectivity index (χ1n) is 4.10. The van der Waals surface area contributed by atoms with E-state index in [1.807, 2.05) is 0 Å². The van der Waals surface area contributed by atoms with Gasteiger partial charge in [-0.1, -0.05) is 12.1 Å². The van der Waals surface area contributed by atoms with E-state index in [9.17, 15) is 18.7 Å². The second-order valence-electron chi connectivity index (χ2n) is 2.79. The molecule has 0 spiro atoms. The van der Waals surface area contributed by atoms with Gasteiger partial charge in [0.1, 0.15) is 11.7 Å². The fourth-order valence-corrected chi connectivity index (χ4v) is 1.10. The predicted molar refractivity (Wildman–Crippen MR) is 43.7 cm³/mol. The quantitative estimate of drug-likeness (QED) is 0.725. The molecule has 0 bridgehead atoms. The summed E-state index contributed by atoms with van der Waals surface area (Å²) in [6.07, 6.45) is 0. The van der Waals surface area contributed by atoms with Crippen molar-refractivity contribution < 1.29 is 29.2 Å². The third kappa shape index (κ3) is 2.88. The molecule has 1 atom stereocenters. The minimum Gasteiger partial charge on any atom is -0.544 e. The third-order valence-electron chi connectivity index (χ3n) is 1.79. The largest absolute Gasteiger partial charge is 0.544 e. The molecule has 0 aliphatic rings. The number of hydrogen-bond acceptors (Lipinski definition) is 3. The first kappa shape index (κ1) is 11.4. The van der Waals surface area contributed by atoms with E-state index in [-0.39, 0.29) is 11.3 Å². The van der Waals surface area contributed by atoms with Crippen molar-refractivity contribution in [2.24, 2.45) is 0 Å². The smallest absolute Gasteiger partial charge is 0.387 e. The van der Waals surface area contributed by atoms with Gasteiger partial charge in [-0.2, -0.15) is 8.78 Å². The van der Waals surface area contributed by atoms with Crippen LogP contribution in [0, 0.1) is 0 Å². The van der Waals surface area contributed by atoms with E-state index in [0.29, 0.717) is 0 Å². The monoisotopic (exact) mass is 217 g/mol. The van der Waals surface area contributed by atoms with E-state index >= 15 is 0 Å². The molecular weight excluding hydrogens is 208 g/mol. The van der Waals surface area contributed by atoms with Crippen LogP contribution in [0.1, 0.15) is 11.6 Å². The van der Waals surface area contributed by atoms with Crippen molar-refractivity contribution in [1.82, 2.24) is 0 Å². The number of quaternary nitrogens is 1. The minimum atomic E-state index is -3.00. The topological polar surface area (TPSA) is 77.0 Å². The average Bonchev–Trinajstić information content (AvgIpc) is 2.16. The molecule has 0 heterocycles. The molecule has 0 fully saturated rings. The number of para-hydroxylation sites is 1. The Labute approximate surface area is 84.3 Å². The number of hydrogen-bond donors (Lipinski definition) is 1. The summed E-state index contributed by atoms with van der Waals surface area (Å²) >= 11 is 0. The van der Waals surface area contributed by atoms with Gasteiger partial charge in [-0.25, -0.2) is 0 Å². The molecule has 0 aliphatic heterocycles. The Morgan fingerprint density at radius 2 is 2.00 bits per heavy atom. The van der Waals surface area contributed by atoms with Gasteiger partial charge in [0.15, 0.2) is 6.04 Å². The fraction of sp³-hybridized carbons (Fsp3) is 0.222. The SMILES string of the molecule is [NH3+][C@H](C(=O)[O-])c1ccccc1OC(F)F. The Bertz CT molecular complexity index is 357. The molecule has 3 N–H and O–H groups in total. The summed E-state index contributed by atoms with van der Waals surface area (Å²) in [5, 5.41) is 10.5. The maximum Gasteiger partial charge on any atom is 0.387 e. The highest BCUT2D eigenvalue weighted by molar-refractivity contribution is 5.72. The lowest BCUT2D eigenvalue weighted by Gasteiger charge is -2.14. The number of alkyl halides is 2. The van der Waals surface area contributed by atoms with Gasteiger partial charge in [0.2, 0.25) is 0 Å². The maximum absolute atomic E-state index is 12.0. The molecule has 4 nitrogen and oxygen atoms in total. The highest BCUT2D eigenvalue weighted by Crippen LogP contribution is 2.23. The lowest BCUT2D eigenvalue weighted by Crippen LogP contribution is -2.61. The van der Waals surface area contributed by atoms with E-state index in [2.05, 4.69) is 10.5 Å². The van der Waals surface area contributed by atoms with Gasteiger partial charge < -0.3 is 20.4 Å². The van der Waals surface area contributed by atoms with Crippen LogP contribution in [0.3, 0.4) is 0 Å². The van der Waals surface area contributed by atoms with Crippen molar-refractivity contribution in [3.8, 4) is 5.75 Å². The van der Waals surface area contributed by atoms with Gasteiger partial charge in [0.25, 0.3) is 0 Å². The summed E-state index contributed by atoms with van der Waals surface area (Å²) in [6, 6.07) is 4.34. The van der Waals surface area contributed by atoms with Crippen LogP contribution in [0.4, 0.5) is 8.78 Å². The molecule has 0 saturated heterocycles. The van der Waals surface area contributed by atoms with Crippen LogP contribution in [0.15, 0.2) is 24.3 Å². The average molecular weight is 217 g/mol. The molecule has 0 amide bonds. The molecule has 0 aliphatic carbocycles. The minimum absolute atomic E-state index is 0.0674. The zero-order chi connectivity index (χ0) is 11.4. The van der Waals surface area contributed by atoms with Gasteiger partial charge in [-0.05, 0) is 12.1 Å². The number of rotatable bonds is 4. The van der Waals surface area contributed by atoms with Crippen LogP contribution in [0.2, 0.25) is 0 Å². The van der Waals surface area contributed by atoms with E-state index < -0.39 is 18.6 Å². The molecule has 82 valence electrons. The number of aliphatic carboxylic acids is 1. The zero-order valence-electron chi connectivity index (χ0n) is 7.65. The second kappa shape index (κ2) is 4.70. The molecule has 0 unspecified atom stereocenters. The zero-order valence-corrected chi connectivity index (χ0v) is 7.65. The molecule has 6 heteroatoms. The van der Waals surface area contributed by atoms with Crippen LogP contribution in [-0.2, 0) is 4.79 Å². The van der Waals surface area contributed by atoms with Gasteiger partial charge >= 0.3 is 6.61 Å². The Balaban J connectivity index is 3.00. The molecule has 1 aromatic rings. The molecule has 0 radical (unpaired) electrons. The summed E-state index contributed by atoms with van der Waals surface area (Å²) in [5.74, 6) is -1.64. The lowest BCUT2D eigenvalue weighted by atomic mass is 10.1. The maximum atomic E-state index is 12.0. The van der Waals surface area contributed by atoms with Crippen molar-refractivity contribution in [2.45, 2.75) is 12.7 Å². The van der Waals surface area contributed by atoms with Gasteiger partial charge in [-0.3, -0.25) is 0 Å². The van der Waals surface area contributed by atoms with Crippen LogP contribution in [-0.4, -0.2) is 12.6 Å². The molecule has 0 aromatic heterocycles. The Hall–Kier alpha value is -1.69. The highest BCUT2D eigenvalue weighted by Gasteiger charge is 2.18. The van der Waals surface area contributed by atoms with Gasteiger partial charge in [0, 0.05) is 0 Å². The van der Waals surface area contributed by atoms with Crippen molar-refractivity contribution in [2.75, 3.05) is 0 Å². The first-order chi connectivity index (χ1) is 7.02. The van der Waals surface area contributed by atoms with Gasteiger partial charge in [-0.15, -0.1) is 0 Å². The van der Waals surface area contributed by atoms with Crippen LogP contribution in [0.5, 0.6) is 5.75 Å². The van der Waals surface area contributed by atoms with Crippen LogP contribution >= 0.6 is 0 Å². The number of carbonyl (C=O) groups is 1. The summed E-state index contributed by atoms with van der Waals surface area (Å²) in [7, 11) is 0. The summed E-state index contributed by atoms with van der Waals surface area (Å²) in [6.45, 7) is -3.00. The summed E-state index contributed by atoms with van der Waals surface area (Å²) in [5.41, 5.74) is 3.36. The molecule has 1 aromatic carbocycles. The first-order valence-corrected chi connectivity index (χ1v) is 4.10. The van der Waals surface area contributed by atoms with E-state index in [0.717, 1.165) is 0 Å². The van der Waals surface area contributed by atoms with Crippen molar-refractivity contribution in [3.63, 3.8) is 0 Å². The number of halogens is 2. The molecule has 1 rings (SSSR count).